The molecule has 7 nitrogen and oxygen atoms in total. The van der Waals surface area contributed by atoms with Crippen molar-refractivity contribution in [1.29, 1.82) is 0 Å². The number of thiazole rings is 1. The van der Waals surface area contributed by atoms with E-state index in [2.05, 4.69) is 9.88 Å². The maximum absolute atomic E-state index is 13.0. The highest BCUT2D eigenvalue weighted by Gasteiger charge is 2.32. The summed E-state index contributed by atoms with van der Waals surface area (Å²) in [7, 11) is -3.70. The van der Waals surface area contributed by atoms with Crippen LogP contribution in [0.5, 0.6) is 11.5 Å². The molecule has 0 aliphatic carbocycles. The summed E-state index contributed by atoms with van der Waals surface area (Å²) in [5.74, 6) is 0.888. The van der Waals surface area contributed by atoms with E-state index in [1.165, 1.54) is 16.4 Å². The monoisotopic (exact) mass is 401 g/mol. The van der Waals surface area contributed by atoms with Crippen molar-refractivity contribution in [2.24, 2.45) is 0 Å². The summed E-state index contributed by atoms with van der Waals surface area (Å²) in [6, 6.07) is 2.97. The first-order valence-corrected chi connectivity index (χ1v) is 10.5. The maximum Gasteiger partial charge on any atom is 0.244 e. The van der Waals surface area contributed by atoms with Gasteiger partial charge in [0.25, 0.3) is 0 Å². The second-order valence-corrected chi connectivity index (χ2v) is 8.82. The van der Waals surface area contributed by atoms with E-state index in [0.717, 1.165) is 5.13 Å². The van der Waals surface area contributed by atoms with Crippen molar-refractivity contribution in [1.82, 2.24) is 9.29 Å². The molecule has 10 heteroatoms. The van der Waals surface area contributed by atoms with E-state index in [0.29, 0.717) is 50.9 Å². The van der Waals surface area contributed by atoms with Crippen LogP contribution in [0.1, 0.15) is 0 Å². The lowest BCUT2D eigenvalue weighted by molar-refractivity contribution is 0.171. The summed E-state index contributed by atoms with van der Waals surface area (Å²) >= 11 is 7.76. The number of hydrogen-bond donors (Lipinski definition) is 0. The fraction of sp³-hybridized carbons (Fsp3) is 0.400. The molecule has 1 aromatic carbocycles. The molecule has 134 valence electrons. The summed E-state index contributed by atoms with van der Waals surface area (Å²) in [6.07, 6.45) is 1.75. The molecular weight excluding hydrogens is 386 g/mol. The second-order valence-electron chi connectivity index (χ2n) is 5.63. The van der Waals surface area contributed by atoms with Crippen LogP contribution in [-0.4, -0.2) is 57.1 Å². The Morgan fingerprint density at radius 3 is 2.40 bits per heavy atom. The molecule has 2 aliphatic heterocycles. The SMILES string of the molecule is O=S(=O)(c1cc2c(cc1Cl)OCCO2)N1CCN(c2nccs2)CC1. The van der Waals surface area contributed by atoms with Crippen LogP contribution < -0.4 is 14.4 Å². The van der Waals surface area contributed by atoms with Crippen LogP contribution in [0.4, 0.5) is 5.13 Å². The van der Waals surface area contributed by atoms with Crippen LogP contribution in [0.15, 0.2) is 28.6 Å². The molecule has 1 saturated heterocycles. The first kappa shape index (κ1) is 16.9. The van der Waals surface area contributed by atoms with Gasteiger partial charge in [-0.2, -0.15) is 4.31 Å². The van der Waals surface area contributed by atoms with E-state index in [1.807, 2.05) is 5.38 Å². The Labute approximate surface area is 154 Å². The molecule has 0 unspecified atom stereocenters. The zero-order chi connectivity index (χ0) is 17.4. The first-order valence-electron chi connectivity index (χ1n) is 7.79. The number of anilines is 1. The average Bonchev–Trinajstić information content (AvgIpc) is 3.16. The standard InChI is InChI=1S/C15H16ClN3O4S2/c16-11-9-12-13(23-7-6-22-12)10-14(11)25(20,21)19-4-2-18(3-5-19)15-17-1-8-24-15/h1,8-10H,2-7H2. The van der Waals surface area contributed by atoms with Crippen molar-refractivity contribution in [3.8, 4) is 11.5 Å². The molecular formula is C15H16ClN3O4S2. The van der Waals surface area contributed by atoms with Crippen molar-refractivity contribution in [2.45, 2.75) is 4.90 Å². The molecule has 1 fully saturated rings. The summed E-state index contributed by atoms with van der Waals surface area (Å²) in [5.41, 5.74) is 0. The quantitative estimate of drug-likeness (QED) is 0.784. The molecule has 4 rings (SSSR count). The average molecular weight is 402 g/mol. The fourth-order valence-corrected chi connectivity index (χ4v) is 5.50. The van der Waals surface area contributed by atoms with E-state index < -0.39 is 10.0 Å². The molecule has 0 N–H and O–H groups in total. The zero-order valence-corrected chi connectivity index (χ0v) is 15.6. The number of hydrogen-bond acceptors (Lipinski definition) is 7. The van der Waals surface area contributed by atoms with Gasteiger partial charge in [0.2, 0.25) is 10.0 Å². The topological polar surface area (TPSA) is 72.0 Å². The molecule has 25 heavy (non-hydrogen) atoms. The van der Waals surface area contributed by atoms with Crippen molar-refractivity contribution in [2.75, 3.05) is 44.3 Å². The number of fused-ring (bicyclic) bond motifs is 1. The number of nitrogens with zero attached hydrogens (tertiary/aromatic N) is 3. The van der Waals surface area contributed by atoms with E-state index in [4.69, 9.17) is 21.1 Å². The lowest BCUT2D eigenvalue weighted by Gasteiger charge is -2.34. The largest absolute Gasteiger partial charge is 0.486 e. The van der Waals surface area contributed by atoms with Gasteiger partial charge >= 0.3 is 0 Å². The zero-order valence-electron chi connectivity index (χ0n) is 13.2. The number of rotatable bonds is 3. The Morgan fingerprint density at radius 2 is 1.76 bits per heavy atom. The Hall–Kier alpha value is -1.55. The van der Waals surface area contributed by atoms with Gasteiger partial charge in [0.15, 0.2) is 16.6 Å². The van der Waals surface area contributed by atoms with Gasteiger partial charge in [-0.1, -0.05) is 11.6 Å². The molecule has 0 spiro atoms. The Kier molecular flexibility index (Phi) is 4.48. The van der Waals surface area contributed by atoms with Crippen molar-refractivity contribution < 1.29 is 17.9 Å². The summed E-state index contributed by atoms with van der Waals surface area (Å²) in [6.45, 7) is 2.76. The summed E-state index contributed by atoms with van der Waals surface area (Å²) < 4.78 is 38.4. The number of aromatic nitrogens is 1. The molecule has 0 atom stereocenters. The molecule has 0 radical (unpaired) electrons. The Balaban J connectivity index is 1.56. The van der Waals surface area contributed by atoms with Gasteiger partial charge in [-0.3, -0.25) is 0 Å². The molecule has 0 bridgehead atoms. The van der Waals surface area contributed by atoms with E-state index in [-0.39, 0.29) is 9.92 Å². The molecule has 0 saturated carbocycles. The predicted molar refractivity (Wildman–Crippen MR) is 95.5 cm³/mol. The normalized spacial score (nSPS) is 18.4. The fourth-order valence-electron chi connectivity index (χ4n) is 2.87. The van der Waals surface area contributed by atoms with Crippen molar-refractivity contribution in [3.05, 3.63) is 28.7 Å². The van der Waals surface area contributed by atoms with Gasteiger partial charge in [0.05, 0.1) is 5.02 Å². The van der Waals surface area contributed by atoms with Crippen LogP contribution in [0.3, 0.4) is 0 Å². The number of ether oxygens (including phenoxy) is 2. The highest BCUT2D eigenvalue weighted by molar-refractivity contribution is 7.89. The van der Waals surface area contributed by atoms with Crippen LogP contribution in [0, 0.1) is 0 Å². The highest BCUT2D eigenvalue weighted by Crippen LogP contribution is 2.38. The van der Waals surface area contributed by atoms with Crippen LogP contribution in [0.25, 0.3) is 0 Å². The first-order chi connectivity index (χ1) is 12.1. The highest BCUT2D eigenvalue weighted by atomic mass is 35.5. The molecule has 3 heterocycles. The third-order valence-electron chi connectivity index (χ3n) is 4.14. The number of piperazine rings is 1. The maximum atomic E-state index is 13.0. The summed E-state index contributed by atoms with van der Waals surface area (Å²) in [5, 5.41) is 2.97. The molecule has 0 amide bonds. The van der Waals surface area contributed by atoms with Crippen LogP contribution >= 0.6 is 22.9 Å². The minimum atomic E-state index is -3.70. The predicted octanol–water partition coefficient (Wildman–Crippen LogP) is 2.08. The van der Waals surface area contributed by atoms with E-state index >= 15 is 0 Å². The molecule has 2 aromatic rings. The number of halogens is 1. The Bertz CT molecular complexity index is 865. The lowest BCUT2D eigenvalue weighted by Crippen LogP contribution is -2.48. The van der Waals surface area contributed by atoms with Crippen molar-refractivity contribution in [3.63, 3.8) is 0 Å². The van der Waals surface area contributed by atoms with Gasteiger partial charge in [-0.25, -0.2) is 13.4 Å². The summed E-state index contributed by atoms with van der Waals surface area (Å²) in [4.78, 5) is 6.41. The molecule has 1 aromatic heterocycles. The van der Waals surface area contributed by atoms with Crippen LogP contribution in [0.2, 0.25) is 5.02 Å². The minimum absolute atomic E-state index is 0.0566. The van der Waals surface area contributed by atoms with Gasteiger partial charge < -0.3 is 14.4 Å². The Morgan fingerprint density at radius 1 is 1.08 bits per heavy atom. The second kappa shape index (κ2) is 6.64. The van der Waals surface area contributed by atoms with Crippen LogP contribution in [-0.2, 0) is 10.0 Å². The minimum Gasteiger partial charge on any atom is -0.486 e. The lowest BCUT2D eigenvalue weighted by atomic mass is 10.3. The van der Waals surface area contributed by atoms with Gasteiger partial charge in [-0.15, -0.1) is 11.3 Å². The van der Waals surface area contributed by atoms with Gasteiger partial charge in [0, 0.05) is 49.9 Å². The number of sulfonamides is 1. The van der Waals surface area contributed by atoms with E-state index in [1.54, 1.807) is 17.5 Å². The van der Waals surface area contributed by atoms with Crippen molar-refractivity contribution >= 4 is 38.1 Å². The van der Waals surface area contributed by atoms with Gasteiger partial charge in [-0.05, 0) is 0 Å². The molecule has 2 aliphatic rings. The third kappa shape index (κ3) is 3.17. The number of benzene rings is 1. The smallest absolute Gasteiger partial charge is 0.244 e. The third-order valence-corrected chi connectivity index (χ3v) is 7.34. The van der Waals surface area contributed by atoms with Gasteiger partial charge in [0.1, 0.15) is 18.1 Å². The van der Waals surface area contributed by atoms with E-state index in [9.17, 15) is 8.42 Å².